The summed E-state index contributed by atoms with van der Waals surface area (Å²) in [7, 11) is 0. The van der Waals surface area contributed by atoms with Crippen molar-refractivity contribution in [3.8, 4) is 0 Å². The number of nitrogens with zero attached hydrogens (tertiary/aromatic N) is 1. The van der Waals surface area contributed by atoms with Gasteiger partial charge in [0, 0.05) is 0 Å². The van der Waals surface area contributed by atoms with Crippen LogP contribution < -0.4 is 5.32 Å². The topological polar surface area (TPSA) is 113 Å². The molecule has 2 aliphatic heterocycles. The number of carbonyl (C=O) groups is 3. The predicted molar refractivity (Wildman–Crippen MR) is 93.0 cm³/mol. The molecule has 2 heterocycles. The fraction of sp³-hybridized carbons (Fsp3) is 0.312. The smallest absolute Gasteiger partial charge is 0.394 e. The van der Waals surface area contributed by atoms with Crippen LogP contribution >= 0.6 is 22.6 Å². The van der Waals surface area contributed by atoms with Gasteiger partial charge in [0.2, 0.25) is 6.23 Å². The summed E-state index contributed by atoms with van der Waals surface area (Å²) < 4.78 is 4.82. The molecule has 4 atom stereocenters. The first-order valence-corrected chi connectivity index (χ1v) is 8.65. The molecule has 0 aliphatic carbocycles. The summed E-state index contributed by atoms with van der Waals surface area (Å²) in [5.74, 6) is -1.19. The van der Waals surface area contributed by atoms with Crippen molar-refractivity contribution >= 4 is 40.4 Å². The molecule has 9 heteroatoms. The molecule has 3 rings (SSSR count). The van der Waals surface area contributed by atoms with Crippen molar-refractivity contribution in [3.63, 3.8) is 0 Å². The summed E-state index contributed by atoms with van der Waals surface area (Å²) in [6.45, 7) is -0.446. The summed E-state index contributed by atoms with van der Waals surface area (Å²) in [6, 6.07) is 7.31. The summed E-state index contributed by atoms with van der Waals surface area (Å²) >= 11 is 1.74. The third-order valence-electron chi connectivity index (χ3n) is 4.29. The van der Waals surface area contributed by atoms with Gasteiger partial charge in [0.05, 0.1) is 24.7 Å². The molecule has 8 nitrogen and oxygen atoms in total. The van der Waals surface area contributed by atoms with Crippen LogP contribution in [0.4, 0.5) is 4.79 Å². The lowest BCUT2D eigenvalue weighted by Gasteiger charge is -2.35. The van der Waals surface area contributed by atoms with Gasteiger partial charge in [-0.15, -0.1) is 4.48 Å². The quantitative estimate of drug-likeness (QED) is 0.452. The molecule has 0 spiro atoms. The van der Waals surface area contributed by atoms with Crippen LogP contribution in [0.25, 0.3) is 0 Å². The highest BCUT2D eigenvalue weighted by Crippen LogP contribution is 2.35. The van der Waals surface area contributed by atoms with Crippen molar-refractivity contribution in [3.05, 3.63) is 45.7 Å². The number of aliphatic hydroxyl groups excluding tert-OH is 2. The van der Waals surface area contributed by atoms with Gasteiger partial charge in [0.1, 0.15) is 15.9 Å². The molecule has 3 N–H and O–H groups in total. The average Bonchev–Trinajstić information content (AvgIpc) is 2.99. The Balaban J connectivity index is 2.11. The highest BCUT2D eigenvalue weighted by atomic mass is 127. The fourth-order valence-electron chi connectivity index (χ4n) is 2.97. The predicted octanol–water partition coefficient (Wildman–Crippen LogP) is 0.638. The molecule has 1 aromatic rings. The first-order valence-electron chi connectivity index (χ1n) is 7.57. The van der Waals surface area contributed by atoms with Crippen molar-refractivity contribution < 1.29 is 33.8 Å². The van der Waals surface area contributed by atoms with Crippen molar-refractivity contribution in [2.75, 3.05) is 6.61 Å². The maximum absolute atomic E-state index is 13.2. The van der Waals surface area contributed by atoms with Crippen molar-refractivity contribution in [1.82, 2.24) is 5.32 Å². The van der Waals surface area contributed by atoms with E-state index in [1.54, 1.807) is 52.9 Å². The first kappa shape index (κ1) is 18.1. The molecule has 0 saturated carbocycles. The molecule has 1 aromatic carbocycles. The third-order valence-corrected chi connectivity index (χ3v) is 5.05. The standard InChI is InChI=1S/C16H15IN2O6/c17-10-7-19(16(24)18-14(10)22,13-6-11(21)12(8-20)25-13)15(23)9-4-2-1-3-5-9/h1-5,7,11-13,20-21H,6,8H2/p+1/t11-,12+,13+,19?/m0/s1. The highest BCUT2D eigenvalue weighted by Gasteiger charge is 2.58. The summed E-state index contributed by atoms with van der Waals surface area (Å²) in [4.78, 5) is 37.7. The number of ether oxygens (including phenoxy) is 1. The molecule has 0 aromatic heterocycles. The Kier molecular flexibility index (Phi) is 5.02. The van der Waals surface area contributed by atoms with Gasteiger partial charge in [-0.3, -0.25) is 4.79 Å². The number of carbonyl (C=O) groups excluding carboxylic acids is 3. The number of amides is 4. The van der Waals surface area contributed by atoms with Crippen LogP contribution in [0.1, 0.15) is 16.8 Å². The number of quaternary nitrogens is 1. The van der Waals surface area contributed by atoms with E-state index < -0.39 is 47.4 Å². The summed E-state index contributed by atoms with van der Waals surface area (Å²) in [5.41, 5.74) is 0.262. The molecule has 132 valence electrons. The highest BCUT2D eigenvalue weighted by molar-refractivity contribution is 14.1. The van der Waals surface area contributed by atoms with Crippen LogP contribution in [0.5, 0.6) is 0 Å². The SMILES string of the molecule is O=C1NC(=O)[N+](C(=O)c2ccccc2)([C@H]2C[C@H](O)[C@@H](CO)O2)C=C1I. The number of urea groups is 1. The van der Waals surface area contributed by atoms with E-state index in [0.717, 1.165) is 0 Å². The van der Waals surface area contributed by atoms with E-state index in [1.165, 1.54) is 6.20 Å². The number of imide groups is 2. The van der Waals surface area contributed by atoms with E-state index in [4.69, 9.17) is 4.74 Å². The maximum atomic E-state index is 13.2. The van der Waals surface area contributed by atoms with Crippen LogP contribution in [0, 0.1) is 0 Å². The van der Waals surface area contributed by atoms with Crippen molar-refractivity contribution in [1.29, 1.82) is 0 Å². The Morgan fingerprint density at radius 3 is 2.60 bits per heavy atom. The van der Waals surface area contributed by atoms with Crippen LogP contribution in [0.3, 0.4) is 0 Å². The normalized spacial score (nSPS) is 32.3. The van der Waals surface area contributed by atoms with Gasteiger partial charge < -0.3 is 14.9 Å². The molecular formula is C16H16IN2O6+. The number of nitrogens with one attached hydrogen (secondary N) is 1. The Morgan fingerprint density at radius 2 is 2.00 bits per heavy atom. The van der Waals surface area contributed by atoms with E-state index in [0.29, 0.717) is 0 Å². The summed E-state index contributed by atoms with van der Waals surface area (Å²) in [5, 5.41) is 21.5. The van der Waals surface area contributed by atoms with E-state index in [9.17, 15) is 24.6 Å². The zero-order valence-electron chi connectivity index (χ0n) is 13.0. The number of aliphatic hydroxyl groups is 2. The first-order chi connectivity index (χ1) is 11.9. The Morgan fingerprint density at radius 1 is 1.32 bits per heavy atom. The Bertz CT molecular complexity index is 752. The van der Waals surface area contributed by atoms with Gasteiger partial charge >= 0.3 is 11.9 Å². The van der Waals surface area contributed by atoms with Crippen molar-refractivity contribution in [2.45, 2.75) is 24.9 Å². The number of halogens is 1. The zero-order valence-corrected chi connectivity index (χ0v) is 15.1. The molecule has 25 heavy (non-hydrogen) atoms. The number of rotatable bonds is 3. The van der Waals surface area contributed by atoms with E-state index >= 15 is 0 Å². The van der Waals surface area contributed by atoms with Gasteiger partial charge in [0.25, 0.3) is 5.91 Å². The van der Waals surface area contributed by atoms with Crippen LogP contribution in [0.2, 0.25) is 0 Å². The number of hydrogen-bond donors (Lipinski definition) is 3. The molecule has 4 amide bonds. The van der Waals surface area contributed by atoms with Gasteiger partial charge in [-0.1, -0.05) is 18.2 Å². The van der Waals surface area contributed by atoms with Crippen LogP contribution in [-0.4, -0.2) is 57.6 Å². The molecule has 1 fully saturated rings. The van der Waals surface area contributed by atoms with E-state index in [2.05, 4.69) is 5.32 Å². The lowest BCUT2D eigenvalue weighted by molar-refractivity contribution is -0.772. The summed E-state index contributed by atoms with van der Waals surface area (Å²) in [6.07, 6.45) is -1.78. The molecular weight excluding hydrogens is 443 g/mol. The van der Waals surface area contributed by atoms with Gasteiger partial charge in [-0.2, -0.15) is 0 Å². The molecule has 1 saturated heterocycles. The minimum atomic E-state index is -1.06. The lowest BCUT2D eigenvalue weighted by atomic mass is 10.1. The number of benzene rings is 1. The minimum absolute atomic E-state index is 0.0359. The zero-order chi connectivity index (χ0) is 18.2. The Labute approximate surface area is 156 Å². The van der Waals surface area contributed by atoms with E-state index in [1.807, 2.05) is 0 Å². The lowest BCUT2D eigenvalue weighted by Crippen LogP contribution is -2.65. The minimum Gasteiger partial charge on any atom is -0.394 e. The average molecular weight is 459 g/mol. The van der Waals surface area contributed by atoms with Crippen LogP contribution in [0.15, 0.2) is 40.1 Å². The monoisotopic (exact) mass is 459 g/mol. The third kappa shape index (κ3) is 3.02. The largest absolute Gasteiger partial charge is 0.438 e. The molecule has 0 radical (unpaired) electrons. The maximum Gasteiger partial charge on any atom is 0.438 e. The molecule has 1 unspecified atom stereocenters. The second-order valence-electron chi connectivity index (χ2n) is 5.80. The van der Waals surface area contributed by atoms with Gasteiger partial charge in [-0.05, 0) is 34.7 Å². The van der Waals surface area contributed by atoms with Gasteiger partial charge in [-0.25, -0.2) is 14.9 Å². The Hall–Kier alpha value is -1.66. The fourth-order valence-corrected chi connectivity index (χ4v) is 3.54. The van der Waals surface area contributed by atoms with Gasteiger partial charge in [0.15, 0.2) is 0 Å². The second kappa shape index (κ2) is 6.92. The van der Waals surface area contributed by atoms with Crippen molar-refractivity contribution in [2.24, 2.45) is 0 Å². The molecule has 2 aliphatic rings. The molecule has 0 bridgehead atoms. The van der Waals surface area contributed by atoms with E-state index in [-0.39, 0.29) is 15.6 Å². The van der Waals surface area contributed by atoms with Crippen LogP contribution in [-0.2, 0) is 9.53 Å². The number of hydrogen-bond acceptors (Lipinski definition) is 6. The second-order valence-corrected chi connectivity index (χ2v) is 6.96.